The van der Waals surface area contributed by atoms with E-state index in [0.29, 0.717) is 25.4 Å². The molecule has 6 nitrogen and oxygen atoms in total. The van der Waals surface area contributed by atoms with E-state index in [4.69, 9.17) is 14.2 Å². The molecule has 0 radical (unpaired) electrons. The molecule has 0 saturated carbocycles. The third-order valence-electron chi connectivity index (χ3n) is 4.66. The molecule has 2 N–H and O–H groups in total. The molecule has 5 atom stereocenters. The minimum Gasteiger partial charge on any atom is -0.462 e. The highest BCUT2D eigenvalue weighted by molar-refractivity contribution is 5.81. The summed E-state index contributed by atoms with van der Waals surface area (Å²) in [5.74, 6) is 0.114. The maximum atomic E-state index is 11.6. The molecule has 146 valence electrons. The lowest BCUT2D eigenvalue weighted by atomic mass is 10.0. The molecule has 1 rings (SSSR count). The Bertz CT molecular complexity index is 407. The van der Waals surface area contributed by atoms with Gasteiger partial charge in [-0.15, -0.1) is 0 Å². The fourth-order valence-corrected chi connectivity index (χ4v) is 2.65. The van der Waals surface area contributed by atoms with Gasteiger partial charge < -0.3 is 24.4 Å². The van der Waals surface area contributed by atoms with Crippen molar-refractivity contribution >= 4 is 5.97 Å². The maximum Gasteiger partial charge on any atom is 0.330 e. The highest BCUT2D eigenvalue weighted by atomic mass is 16.7. The maximum absolute atomic E-state index is 11.6. The smallest absolute Gasteiger partial charge is 0.330 e. The molecule has 1 aliphatic heterocycles. The van der Waals surface area contributed by atoms with Crippen molar-refractivity contribution in [2.24, 2.45) is 5.92 Å². The number of aliphatic hydroxyl groups excluding tert-OH is 2. The topological polar surface area (TPSA) is 85.2 Å². The van der Waals surface area contributed by atoms with Crippen LogP contribution in [0.15, 0.2) is 12.2 Å². The number of allylic oxidation sites excluding steroid dienone is 1. The van der Waals surface area contributed by atoms with Gasteiger partial charge in [0.2, 0.25) is 0 Å². The second kappa shape index (κ2) is 11.6. The van der Waals surface area contributed by atoms with E-state index in [0.717, 1.165) is 12.8 Å². The standard InChI is InChI=1S/C19H34O6/c1-5-15(6-2)12-23-18(22)10-8-7-9-13(3)24-19-17(21)11-16(20)14(4)25-19/h8,10,13-17,19-21H,5-7,9,11-12H2,1-4H3/b10-8-/t13-,14+,16?,17-,19?/m1/s1. The van der Waals surface area contributed by atoms with E-state index in [1.165, 1.54) is 6.08 Å². The zero-order valence-corrected chi connectivity index (χ0v) is 15.9. The number of carbonyl (C=O) groups excluding carboxylic acids is 1. The molecule has 1 saturated heterocycles. The van der Waals surface area contributed by atoms with Crippen molar-refractivity contribution in [3.63, 3.8) is 0 Å². The van der Waals surface area contributed by atoms with Crippen LogP contribution in [0.5, 0.6) is 0 Å². The molecular formula is C19H34O6. The van der Waals surface area contributed by atoms with Gasteiger partial charge in [0.25, 0.3) is 0 Å². The predicted molar refractivity (Wildman–Crippen MR) is 94.9 cm³/mol. The van der Waals surface area contributed by atoms with Crippen molar-refractivity contribution in [2.45, 2.75) is 90.5 Å². The van der Waals surface area contributed by atoms with Gasteiger partial charge in [-0.2, -0.15) is 0 Å². The van der Waals surface area contributed by atoms with Gasteiger partial charge in [-0.1, -0.05) is 32.8 Å². The van der Waals surface area contributed by atoms with Crippen LogP contribution >= 0.6 is 0 Å². The lowest BCUT2D eigenvalue weighted by molar-refractivity contribution is -0.273. The predicted octanol–water partition coefficient (Wildman–Crippen LogP) is 2.56. The van der Waals surface area contributed by atoms with Crippen LogP contribution in [0.1, 0.15) is 59.8 Å². The summed E-state index contributed by atoms with van der Waals surface area (Å²) in [4.78, 5) is 11.6. The quantitative estimate of drug-likeness (QED) is 0.461. The molecule has 0 aromatic heterocycles. The molecule has 6 heteroatoms. The number of carbonyl (C=O) groups is 1. The Morgan fingerprint density at radius 2 is 1.96 bits per heavy atom. The molecule has 0 aromatic carbocycles. The fraction of sp³-hybridized carbons (Fsp3) is 0.842. The van der Waals surface area contributed by atoms with Gasteiger partial charge >= 0.3 is 5.97 Å². The highest BCUT2D eigenvalue weighted by Gasteiger charge is 2.35. The van der Waals surface area contributed by atoms with Gasteiger partial charge in [0.1, 0.15) is 6.10 Å². The Hall–Kier alpha value is -0.950. The SMILES string of the molecule is CCC(CC)COC(=O)/C=C\CC[C@@H](C)OC1O[C@@H](C)C(O)C[C@H]1O. The number of rotatable bonds is 10. The number of esters is 1. The first kappa shape index (κ1) is 22.1. The Balaban J connectivity index is 2.23. The number of ether oxygens (including phenoxy) is 3. The molecule has 1 heterocycles. The van der Waals surface area contributed by atoms with Crippen LogP contribution in [0, 0.1) is 5.92 Å². The molecule has 1 fully saturated rings. The van der Waals surface area contributed by atoms with Gasteiger partial charge in [-0.3, -0.25) is 0 Å². The van der Waals surface area contributed by atoms with Crippen molar-refractivity contribution in [2.75, 3.05) is 6.61 Å². The molecule has 25 heavy (non-hydrogen) atoms. The van der Waals surface area contributed by atoms with Crippen molar-refractivity contribution in [3.8, 4) is 0 Å². The molecule has 2 unspecified atom stereocenters. The van der Waals surface area contributed by atoms with Crippen molar-refractivity contribution in [1.82, 2.24) is 0 Å². The van der Waals surface area contributed by atoms with Gasteiger partial charge in [-0.25, -0.2) is 4.79 Å². The summed E-state index contributed by atoms with van der Waals surface area (Å²) in [6.45, 7) is 8.30. The van der Waals surface area contributed by atoms with E-state index in [1.54, 1.807) is 13.0 Å². The number of hydrogen-bond acceptors (Lipinski definition) is 6. The molecular weight excluding hydrogens is 324 g/mol. The zero-order chi connectivity index (χ0) is 18.8. The van der Waals surface area contributed by atoms with Crippen LogP contribution in [0.4, 0.5) is 0 Å². The summed E-state index contributed by atoms with van der Waals surface area (Å²) in [6.07, 6.45) is 4.16. The first-order chi connectivity index (χ1) is 11.9. The van der Waals surface area contributed by atoms with Gasteiger partial charge in [0.05, 0.1) is 24.9 Å². The van der Waals surface area contributed by atoms with Crippen LogP contribution in [0.2, 0.25) is 0 Å². The molecule has 0 bridgehead atoms. The van der Waals surface area contributed by atoms with Crippen LogP contribution in [-0.4, -0.2) is 53.5 Å². The second-order valence-corrected chi connectivity index (χ2v) is 6.82. The van der Waals surface area contributed by atoms with Gasteiger partial charge in [0.15, 0.2) is 6.29 Å². The lowest BCUT2D eigenvalue weighted by Gasteiger charge is -2.36. The van der Waals surface area contributed by atoms with Crippen LogP contribution < -0.4 is 0 Å². The van der Waals surface area contributed by atoms with E-state index in [9.17, 15) is 15.0 Å². The summed E-state index contributed by atoms with van der Waals surface area (Å²) in [5, 5.41) is 19.6. The van der Waals surface area contributed by atoms with Crippen molar-refractivity contribution < 1.29 is 29.2 Å². The van der Waals surface area contributed by atoms with Gasteiger partial charge in [-0.05, 0) is 32.6 Å². The van der Waals surface area contributed by atoms with Crippen LogP contribution in [-0.2, 0) is 19.0 Å². The summed E-state index contributed by atoms with van der Waals surface area (Å²) in [7, 11) is 0. The summed E-state index contributed by atoms with van der Waals surface area (Å²) in [5.41, 5.74) is 0. The molecule has 0 aromatic rings. The first-order valence-electron chi connectivity index (χ1n) is 9.37. The number of hydrogen-bond donors (Lipinski definition) is 2. The fourth-order valence-electron chi connectivity index (χ4n) is 2.65. The van der Waals surface area contributed by atoms with Crippen LogP contribution in [0.25, 0.3) is 0 Å². The Morgan fingerprint density at radius 3 is 2.60 bits per heavy atom. The monoisotopic (exact) mass is 358 g/mol. The average molecular weight is 358 g/mol. The highest BCUT2D eigenvalue weighted by Crippen LogP contribution is 2.22. The van der Waals surface area contributed by atoms with E-state index in [2.05, 4.69) is 13.8 Å². The summed E-state index contributed by atoms with van der Waals surface area (Å²) in [6, 6.07) is 0. The second-order valence-electron chi connectivity index (χ2n) is 6.82. The number of aliphatic hydroxyl groups is 2. The van der Waals surface area contributed by atoms with Crippen molar-refractivity contribution in [1.29, 1.82) is 0 Å². The lowest BCUT2D eigenvalue weighted by Crippen LogP contribution is -2.48. The van der Waals surface area contributed by atoms with E-state index in [1.807, 2.05) is 6.92 Å². The third-order valence-corrected chi connectivity index (χ3v) is 4.66. The Labute approximate surface area is 151 Å². The molecule has 0 amide bonds. The summed E-state index contributed by atoms with van der Waals surface area (Å²) >= 11 is 0. The molecule has 0 spiro atoms. The average Bonchev–Trinajstić information content (AvgIpc) is 2.57. The normalized spacial score (nSPS) is 28.4. The molecule has 0 aliphatic carbocycles. The third kappa shape index (κ3) is 8.31. The largest absolute Gasteiger partial charge is 0.462 e. The van der Waals surface area contributed by atoms with E-state index >= 15 is 0 Å². The Kier molecular flexibility index (Phi) is 10.3. The zero-order valence-electron chi connectivity index (χ0n) is 15.9. The minimum atomic E-state index is -0.829. The van der Waals surface area contributed by atoms with Gasteiger partial charge in [0, 0.05) is 12.5 Å². The molecule has 1 aliphatic rings. The first-order valence-corrected chi connectivity index (χ1v) is 9.37. The Morgan fingerprint density at radius 1 is 1.28 bits per heavy atom. The van der Waals surface area contributed by atoms with E-state index < -0.39 is 18.5 Å². The summed E-state index contributed by atoms with van der Waals surface area (Å²) < 4.78 is 16.4. The van der Waals surface area contributed by atoms with E-state index in [-0.39, 0.29) is 24.6 Å². The minimum absolute atomic E-state index is 0.132. The van der Waals surface area contributed by atoms with Crippen molar-refractivity contribution in [3.05, 3.63) is 12.2 Å². The van der Waals surface area contributed by atoms with Crippen LogP contribution in [0.3, 0.4) is 0 Å².